The fraction of sp³-hybridized carbons (Fsp3) is 0.611. The van der Waals surface area contributed by atoms with Crippen molar-refractivity contribution in [2.45, 2.75) is 51.7 Å². The third-order valence-corrected chi connectivity index (χ3v) is 8.32. The van der Waals surface area contributed by atoms with Gasteiger partial charge >= 0.3 is 5.97 Å². The van der Waals surface area contributed by atoms with Crippen LogP contribution < -0.4 is 4.74 Å². The molecule has 0 bridgehead atoms. The van der Waals surface area contributed by atoms with E-state index in [0.717, 1.165) is 18.4 Å². The number of carbonyl (C=O) groups is 1. The van der Waals surface area contributed by atoms with Crippen molar-refractivity contribution < 1.29 is 19.1 Å². The largest absolute Gasteiger partial charge is 0.496 e. The van der Waals surface area contributed by atoms with Gasteiger partial charge in [-0.05, 0) is 48.5 Å². The lowest BCUT2D eigenvalue weighted by Crippen LogP contribution is -2.40. The molecule has 5 heteroatoms. The van der Waals surface area contributed by atoms with Gasteiger partial charge in [-0.3, -0.25) is 0 Å². The normalized spacial score (nSPS) is 13.6. The van der Waals surface area contributed by atoms with Crippen LogP contribution in [0.15, 0.2) is 18.2 Å². The Balaban J connectivity index is 3.03. The van der Waals surface area contributed by atoms with Gasteiger partial charge in [0, 0.05) is 0 Å². The molecule has 0 amide bonds. The van der Waals surface area contributed by atoms with Gasteiger partial charge in [-0.2, -0.15) is 0 Å². The Kier molecular flexibility index (Phi) is 6.42. The maximum atomic E-state index is 12.1. The van der Waals surface area contributed by atoms with Gasteiger partial charge in [-0.25, -0.2) is 4.79 Å². The first-order valence-electron chi connectivity index (χ1n) is 8.00. The number of methoxy groups -OCH3 is 2. The predicted octanol–water partition coefficient (Wildman–Crippen LogP) is 4.03. The minimum Gasteiger partial charge on any atom is -0.496 e. The van der Waals surface area contributed by atoms with Crippen LogP contribution in [0.1, 0.15) is 43.1 Å². The van der Waals surface area contributed by atoms with Gasteiger partial charge in [0.2, 0.25) is 0 Å². The number of hydrogen-bond donors (Lipinski definition) is 1. The lowest BCUT2D eigenvalue weighted by atomic mass is 9.89. The van der Waals surface area contributed by atoms with Gasteiger partial charge in [-0.15, -0.1) is 0 Å². The summed E-state index contributed by atoms with van der Waals surface area (Å²) in [5, 5.41) is -0.0866. The van der Waals surface area contributed by atoms with Crippen LogP contribution in [0.2, 0.25) is 18.1 Å². The lowest BCUT2D eigenvalue weighted by Gasteiger charge is -2.37. The minimum absolute atomic E-state index is 0.0866. The number of benzene rings is 1. The molecule has 0 saturated heterocycles. The number of hydrogen-bond acceptors (Lipinski definition) is 4. The summed E-state index contributed by atoms with van der Waals surface area (Å²) >= 11 is 0. The Morgan fingerprint density at radius 3 is 2.39 bits per heavy atom. The van der Waals surface area contributed by atoms with Crippen molar-refractivity contribution in [1.82, 2.24) is 0 Å². The molecule has 0 spiro atoms. The molecule has 0 saturated carbocycles. The molecule has 0 aliphatic heterocycles. The number of rotatable bonds is 7. The van der Waals surface area contributed by atoms with E-state index in [2.05, 4.69) is 20.8 Å². The van der Waals surface area contributed by atoms with Crippen molar-refractivity contribution in [1.29, 1.82) is 0 Å². The Morgan fingerprint density at radius 1 is 1.30 bits per heavy atom. The maximum Gasteiger partial charge on any atom is 0.341 e. The molecule has 0 heterocycles. The van der Waals surface area contributed by atoms with E-state index < -0.39 is 8.32 Å². The summed E-state index contributed by atoms with van der Waals surface area (Å²) in [6.45, 7) is 10.4. The van der Waals surface area contributed by atoms with Gasteiger partial charge in [0.1, 0.15) is 11.3 Å². The first-order valence-corrected chi connectivity index (χ1v) is 10.9. The molecular weight excluding hydrogens is 308 g/mol. The van der Waals surface area contributed by atoms with Crippen molar-refractivity contribution in [2.24, 2.45) is 5.92 Å². The molecule has 23 heavy (non-hydrogen) atoms. The van der Waals surface area contributed by atoms with E-state index in [0.29, 0.717) is 17.2 Å². The van der Waals surface area contributed by atoms with Crippen molar-refractivity contribution in [3.8, 4) is 5.75 Å². The summed E-state index contributed by atoms with van der Waals surface area (Å²) in [6, 6.07) is 5.61. The van der Waals surface area contributed by atoms with Crippen molar-refractivity contribution in [3.05, 3.63) is 29.3 Å². The summed E-state index contributed by atoms with van der Waals surface area (Å²) in [5.74, 6) is 0.498. The number of esters is 1. The van der Waals surface area contributed by atoms with Crippen molar-refractivity contribution >= 4 is 14.3 Å². The van der Waals surface area contributed by atoms with E-state index in [1.807, 2.05) is 25.2 Å². The molecule has 0 aliphatic carbocycles. The predicted molar refractivity (Wildman–Crippen MR) is 95.6 cm³/mol. The molecule has 0 aromatic heterocycles. The van der Waals surface area contributed by atoms with Crippen LogP contribution in [0.5, 0.6) is 5.75 Å². The SMILES string of the molecule is COC(=O)c1c(CC(C)CC(C)(C)[Si](C)(C)O)cccc1OC. The summed E-state index contributed by atoms with van der Waals surface area (Å²) in [4.78, 5) is 22.6. The molecule has 1 N–H and O–H groups in total. The van der Waals surface area contributed by atoms with E-state index in [4.69, 9.17) is 9.47 Å². The van der Waals surface area contributed by atoms with Gasteiger partial charge in [0.05, 0.1) is 14.2 Å². The zero-order valence-electron chi connectivity index (χ0n) is 15.4. The van der Waals surface area contributed by atoms with Gasteiger partial charge < -0.3 is 14.3 Å². The number of carbonyl (C=O) groups excluding carboxylic acids is 1. The van der Waals surface area contributed by atoms with E-state index in [1.54, 1.807) is 13.2 Å². The fourth-order valence-corrected chi connectivity index (χ4v) is 3.67. The first kappa shape index (κ1) is 19.7. The Labute approximate surface area is 140 Å². The third-order valence-electron chi connectivity index (χ3n) is 4.81. The zero-order chi connectivity index (χ0) is 17.8. The second-order valence-corrected chi connectivity index (χ2v) is 11.9. The number of ether oxygens (including phenoxy) is 2. The molecule has 1 unspecified atom stereocenters. The molecule has 0 fully saturated rings. The van der Waals surface area contributed by atoms with Crippen LogP contribution in [0.25, 0.3) is 0 Å². The smallest absolute Gasteiger partial charge is 0.341 e. The molecule has 130 valence electrons. The third kappa shape index (κ3) is 4.82. The summed E-state index contributed by atoms with van der Waals surface area (Å²) in [6.07, 6.45) is 1.65. The second kappa shape index (κ2) is 7.49. The van der Waals surface area contributed by atoms with E-state index >= 15 is 0 Å². The molecule has 1 aromatic rings. The van der Waals surface area contributed by atoms with Gasteiger partial charge in [0.15, 0.2) is 8.32 Å². The monoisotopic (exact) mass is 338 g/mol. The van der Waals surface area contributed by atoms with Crippen LogP contribution in [-0.4, -0.2) is 33.3 Å². The maximum absolute atomic E-state index is 12.1. The van der Waals surface area contributed by atoms with Crippen LogP contribution in [0.4, 0.5) is 0 Å². The highest BCUT2D eigenvalue weighted by Gasteiger charge is 2.38. The van der Waals surface area contributed by atoms with Crippen molar-refractivity contribution in [3.63, 3.8) is 0 Å². The van der Waals surface area contributed by atoms with Crippen LogP contribution in [0.3, 0.4) is 0 Å². The summed E-state index contributed by atoms with van der Waals surface area (Å²) < 4.78 is 10.2. The molecule has 0 aliphatic rings. The van der Waals surface area contributed by atoms with Crippen LogP contribution in [0, 0.1) is 5.92 Å². The van der Waals surface area contributed by atoms with Gasteiger partial charge in [0.25, 0.3) is 0 Å². The van der Waals surface area contributed by atoms with Gasteiger partial charge in [-0.1, -0.05) is 32.9 Å². The minimum atomic E-state index is -2.24. The molecule has 0 radical (unpaired) electrons. The highest BCUT2D eigenvalue weighted by atomic mass is 28.4. The Hall–Kier alpha value is -1.33. The molecular formula is C18H30O4Si. The average molecular weight is 339 g/mol. The van der Waals surface area contributed by atoms with E-state index in [9.17, 15) is 9.59 Å². The average Bonchev–Trinajstić information content (AvgIpc) is 2.44. The Bertz CT molecular complexity index is 546. The van der Waals surface area contributed by atoms with Crippen molar-refractivity contribution in [2.75, 3.05) is 14.2 Å². The second-order valence-electron chi connectivity index (χ2n) is 7.44. The topological polar surface area (TPSA) is 55.8 Å². The summed E-state index contributed by atoms with van der Waals surface area (Å²) in [5.41, 5.74) is 1.43. The standard InChI is InChI=1S/C18H30O4Si/c1-13(12-18(2,3)23(6,7)20)11-14-9-8-10-15(21-4)16(14)17(19)22-5/h8-10,13,20H,11-12H2,1-7H3. The Morgan fingerprint density at radius 2 is 1.91 bits per heavy atom. The molecule has 4 nitrogen and oxygen atoms in total. The highest BCUT2D eigenvalue weighted by Crippen LogP contribution is 2.42. The first-order chi connectivity index (χ1) is 10.5. The quantitative estimate of drug-likeness (QED) is 0.602. The fourth-order valence-electron chi connectivity index (χ4n) is 2.82. The molecule has 1 atom stereocenters. The lowest BCUT2D eigenvalue weighted by molar-refractivity contribution is 0.0595. The van der Waals surface area contributed by atoms with Crippen LogP contribution >= 0.6 is 0 Å². The van der Waals surface area contributed by atoms with Crippen LogP contribution in [-0.2, 0) is 11.2 Å². The summed E-state index contributed by atoms with van der Waals surface area (Å²) in [7, 11) is 0.692. The highest BCUT2D eigenvalue weighted by molar-refractivity contribution is 6.72. The zero-order valence-corrected chi connectivity index (χ0v) is 16.4. The van der Waals surface area contributed by atoms with E-state index in [1.165, 1.54) is 7.11 Å². The van der Waals surface area contributed by atoms with E-state index in [-0.39, 0.29) is 11.0 Å². The molecule has 1 aromatic carbocycles. The molecule has 1 rings (SSSR count).